The van der Waals surface area contributed by atoms with Gasteiger partial charge in [0.25, 0.3) is 0 Å². The lowest BCUT2D eigenvalue weighted by atomic mass is 9.93. The van der Waals surface area contributed by atoms with Crippen LogP contribution in [-0.4, -0.2) is 17.4 Å². The summed E-state index contributed by atoms with van der Waals surface area (Å²) in [6, 6.07) is 4.11. The molecule has 106 valence electrons. The SMILES string of the molecule is CC1(C)C[C@]1(C(=O)NCCc1nccs1)c1cccs1. The number of aromatic nitrogens is 1. The summed E-state index contributed by atoms with van der Waals surface area (Å²) in [6.07, 6.45) is 3.55. The zero-order valence-electron chi connectivity index (χ0n) is 11.7. The number of rotatable bonds is 5. The number of carbonyl (C=O) groups is 1. The predicted octanol–water partition coefficient (Wildman–Crippen LogP) is 3.23. The van der Waals surface area contributed by atoms with Crippen molar-refractivity contribution < 1.29 is 4.79 Å². The summed E-state index contributed by atoms with van der Waals surface area (Å²) < 4.78 is 0. The maximum atomic E-state index is 12.6. The molecule has 3 rings (SSSR count). The molecule has 1 atom stereocenters. The van der Waals surface area contributed by atoms with E-state index >= 15 is 0 Å². The summed E-state index contributed by atoms with van der Waals surface area (Å²) in [7, 11) is 0. The molecular formula is C15H18N2OS2. The van der Waals surface area contributed by atoms with E-state index in [9.17, 15) is 4.79 Å². The van der Waals surface area contributed by atoms with Crippen LogP contribution in [0, 0.1) is 5.41 Å². The number of thiazole rings is 1. The van der Waals surface area contributed by atoms with Gasteiger partial charge in [0.15, 0.2) is 0 Å². The van der Waals surface area contributed by atoms with Gasteiger partial charge in [-0.25, -0.2) is 4.98 Å². The Kier molecular flexibility index (Phi) is 3.42. The Hall–Kier alpha value is -1.20. The Labute approximate surface area is 127 Å². The lowest BCUT2D eigenvalue weighted by Crippen LogP contribution is -2.38. The van der Waals surface area contributed by atoms with E-state index in [2.05, 4.69) is 30.2 Å². The van der Waals surface area contributed by atoms with Gasteiger partial charge in [-0.15, -0.1) is 22.7 Å². The molecule has 0 aliphatic heterocycles. The first-order valence-electron chi connectivity index (χ1n) is 6.77. The van der Waals surface area contributed by atoms with Gasteiger partial charge in [-0.2, -0.15) is 0 Å². The van der Waals surface area contributed by atoms with Crippen molar-refractivity contribution in [1.29, 1.82) is 0 Å². The average molecular weight is 306 g/mol. The van der Waals surface area contributed by atoms with Gasteiger partial charge in [-0.05, 0) is 23.3 Å². The van der Waals surface area contributed by atoms with Crippen molar-refractivity contribution in [2.75, 3.05) is 6.54 Å². The standard InChI is InChI=1S/C15H18N2OS2/c1-14(2)10-15(14,11-4-3-8-19-11)13(18)17-6-5-12-16-7-9-20-12/h3-4,7-9H,5-6,10H2,1-2H3,(H,17,18)/t15-/m1/s1. The number of nitrogens with zero attached hydrogens (tertiary/aromatic N) is 1. The van der Waals surface area contributed by atoms with Gasteiger partial charge in [0.2, 0.25) is 5.91 Å². The topological polar surface area (TPSA) is 42.0 Å². The van der Waals surface area contributed by atoms with Crippen LogP contribution in [0.3, 0.4) is 0 Å². The Morgan fingerprint density at radius 2 is 2.20 bits per heavy atom. The van der Waals surface area contributed by atoms with E-state index in [1.165, 1.54) is 4.88 Å². The fraction of sp³-hybridized carbons (Fsp3) is 0.467. The molecule has 0 saturated heterocycles. The van der Waals surface area contributed by atoms with Crippen molar-refractivity contribution in [1.82, 2.24) is 10.3 Å². The number of thiophene rings is 1. The number of amides is 1. The van der Waals surface area contributed by atoms with Gasteiger partial charge in [0.05, 0.1) is 10.4 Å². The van der Waals surface area contributed by atoms with E-state index in [1.807, 2.05) is 16.8 Å². The van der Waals surface area contributed by atoms with Crippen LogP contribution in [0.1, 0.15) is 30.2 Å². The highest BCUT2D eigenvalue weighted by molar-refractivity contribution is 7.10. The molecule has 20 heavy (non-hydrogen) atoms. The average Bonchev–Trinajstić information content (AvgIpc) is 2.93. The Morgan fingerprint density at radius 3 is 2.75 bits per heavy atom. The number of hydrogen-bond donors (Lipinski definition) is 1. The molecule has 1 aliphatic carbocycles. The molecule has 5 heteroatoms. The molecule has 0 radical (unpaired) electrons. The number of hydrogen-bond acceptors (Lipinski definition) is 4. The van der Waals surface area contributed by atoms with Gasteiger partial charge in [-0.3, -0.25) is 4.79 Å². The molecule has 2 aromatic rings. The molecule has 1 saturated carbocycles. The largest absolute Gasteiger partial charge is 0.355 e. The highest BCUT2D eigenvalue weighted by Crippen LogP contribution is 2.65. The summed E-state index contributed by atoms with van der Waals surface area (Å²) in [5.74, 6) is 0.168. The maximum absolute atomic E-state index is 12.6. The van der Waals surface area contributed by atoms with E-state index in [1.54, 1.807) is 28.9 Å². The molecule has 1 fully saturated rings. The Bertz CT molecular complexity index is 589. The van der Waals surface area contributed by atoms with Crippen LogP contribution in [0.5, 0.6) is 0 Å². The minimum atomic E-state index is -0.315. The number of carbonyl (C=O) groups excluding carboxylic acids is 1. The fourth-order valence-corrected chi connectivity index (χ4v) is 4.59. The molecule has 0 aromatic carbocycles. The lowest BCUT2D eigenvalue weighted by molar-refractivity contribution is -0.124. The summed E-state index contributed by atoms with van der Waals surface area (Å²) in [5, 5.41) is 8.19. The lowest BCUT2D eigenvalue weighted by Gasteiger charge is -2.18. The van der Waals surface area contributed by atoms with Crippen molar-refractivity contribution in [2.45, 2.75) is 32.1 Å². The molecule has 0 unspecified atom stereocenters. The second kappa shape index (κ2) is 4.97. The van der Waals surface area contributed by atoms with Crippen LogP contribution in [0.15, 0.2) is 29.1 Å². The van der Waals surface area contributed by atoms with Gasteiger partial charge in [0.1, 0.15) is 0 Å². The summed E-state index contributed by atoms with van der Waals surface area (Å²) in [5.41, 5.74) is -0.257. The van der Waals surface area contributed by atoms with Crippen molar-refractivity contribution in [3.63, 3.8) is 0 Å². The van der Waals surface area contributed by atoms with Gasteiger partial charge in [-0.1, -0.05) is 19.9 Å². The van der Waals surface area contributed by atoms with Gasteiger partial charge >= 0.3 is 0 Å². The van der Waals surface area contributed by atoms with E-state index in [4.69, 9.17) is 0 Å². The van der Waals surface area contributed by atoms with E-state index in [0.717, 1.165) is 17.8 Å². The first-order valence-corrected chi connectivity index (χ1v) is 8.53. The van der Waals surface area contributed by atoms with Crippen molar-refractivity contribution >= 4 is 28.6 Å². The first kappa shape index (κ1) is 13.8. The Balaban J connectivity index is 1.66. The van der Waals surface area contributed by atoms with E-state index in [0.29, 0.717) is 6.54 Å². The van der Waals surface area contributed by atoms with Gasteiger partial charge in [0, 0.05) is 29.4 Å². The minimum Gasteiger partial charge on any atom is -0.355 e. The van der Waals surface area contributed by atoms with Gasteiger partial charge < -0.3 is 5.32 Å². The molecule has 3 nitrogen and oxygen atoms in total. The third-order valence-corrected chi connectivity index (χ3v) is 6.05. The van der Waals surface area contributed by atoms with Crippen LogP contribution in [0.25, 0.3) is 0 Å². The van der Waals surface area contributed by atoms with Crippen LogP contribution >= 0.6 is 22.7 Å². The second-order valence-electron chi connectivity index (χ2n) is 5.88. The predicted molar refractivity (Wildman–Crippen MR) is 83.2 cm³/mol. The van der Waals surface area contributed by atoms with Crippen molar-refractivity contribution in [3.05, 3.63) is 39.0 Å². The van der Waals surface area contributed by atoms with Crippen LogP contribution < -0.4 is 5.32 Å². The zero-order valence-corrected chi connectivity index (χ0v) is 13.3. The second-order valence-corrected chi connectivity index (χ2v) is 7.80. The molecule has 0 spiro atoms. The Morgan fingerprint density at radius 1 is 1.40 bits per heavy atom. The van der Waals surface area contributed by atoms with E-state index in [-0.39, 0.29) is 16.7 Å². The van der Waals surface area contributed by atoms with Crippen LogP contribution in [-0.2, 0) is 16.6 Å². The molecule has 2 heterocycles. The van der Waals surface area contributed by atoms with Crippen LogP contribution in [0.4, 0.5) is 0 Å². The van der Waals surface area contributed by atoms with E-state index < -0.39 is 0 Å². The molecule has 2 aromatic heterocycles. The molecule has 1 amide bonds. The molecular weight excluding hydrogens is 288 g/mol. The van der Waals surface area contributed by atoms with Crippen molar-refractivity contribution in [3.8, 4) is 0 Å². The molecule has 0 bridgehead atoms. The molecule has 1 aliphatic rings. The van der Waals surface area contributed by atoms with Crippen LogP contribution in [0.2, 0.25) is 0 Å². The third kappa shape index (κ3) is 2.19. The summed E-state index contributed by atoms with van der Waals surface area (Å²) in [6.45, 7) is 5.01. The summed E-state index contributed by atoms with van der Waals surface area (Å²) >= 11 is 3.32. The fourth-order valence-electron chi connectivity index (χ4n) is 2.87. The molecule has 1 N–H and O–H groups in total. The number of nitrogens with one attached hydrogen (secondary N) is 1. The van der Waals surface area contributed by atoms with Crippen molar-refractivity contribution in [2.24, 2.45) is 5.41 Å². The first-order chi connectivity index (χ1) is 9.56. The minimum absolute atomic E-state index is 0.0586. The maximum Gasteiger partial charge on any atom is 0.232 e. The quantitative estimate of drug-likeness (QED) is 0.921. The third-order valence-electron chi connectivity index (χ3n) is 4.17. The monoisotopic (exact) mass is 306 g/mol. The highest BCUT2D eigenvalue weighted by Gasteiger charge is 2.67. The highest BCUT2D eigenvalue weighted by atomic mass is 32.1. The normalized spacial score (nSPS) is 23.5. The summed E-state index contributed by atoms with van der Waals surface area (Å²) in [4.78, 5) is 18.1. The smallest absolute Gasteiger partial charge is 0.232 e. The zero-order chi connectivity index (χ0) is 14.2.